The van der Waals surface area contributed by atoms with Gasteiger partial charge in [0.15, 0.2) is 0 Å². The SMILES string of the molecule is C[Si](C)(C)C(=O)[C@](O)([C@](O)([C@H](O)CO)[Si](C)(C)C)[Si](C)(C)C. The average Bonchev–Trinajstić information content (AvgIpc) is 2.30. The molecule has 0 aliphatic rings. The molecule has 3 atom stereocenters. The first-order valence-electron chi connectivity index (χ1n) is 7.67. The predicted octanol–water partition coefficient (Wildman–Crippen LogP) is 1.00. The van der Waals surface area contributed by atoms with E-state index < -0.39 is 47.4 Å². The zero-order chi connectivity index (χ0) is 18.4. The summed E-state index contributed by atoms with van der Waals surface area (Å²) in [5, 5.41) is 38.5. The summed E-state index contributed by atoms with van der Waals surface area (Å²) < 4.78 is 0. The quantitative estimate of drug-likeness (QED) is 0.504. The first kappa shape index (κ1) is 22.2. The van der Waals surface area contributed by atoms with Gasteiger partial charge in [-0.15, -0.1) is 0 Å². The van der Waals surface area contributed by atoms with Crippen molar-refractivity contribution in [3.8, 4) is 0 Å². The molecule has 0 unspecified atom stereocenters. The second kappa shape index (κ2) is 6.23. The van der Waals surface area contributed by atoms with Crippen LogP contribution in [0.2, 0.25) is 58.9 Å². The van der Waals surface area contributed by atoms with Crippen molar-refractivity contribution in [2.75, 3.05) is 6.61 Å². The first-order chi connectivity index (χ1) is 9.39. The molecule has 0 saturated heterocycles. The number of rotatable bonds is 7. The van der Waals surface area contributed by atoms with Crippen LogP contribution in [0.15, 0.2) is 0 Å². The van der Waals surface area contributed by atoms with Gasteiger partial charge in [-0.3, -0.25) is 0 Å². The zero-order valence-corrected chi connectivity index (χ0v) is 18.5. The molecule has 0 fully saturated rings. The monoisotopic (exact) mass is 366 g/mol. The molecule has 8 heteroatoms. The van der Waals surface area contributed by atoms with E-state index in [-0.39, 0.29) is 5.41 Å². The number of aliphatic hydroxyl groups excluding tert-OH is 2. The van der Waals surface area contributed by atoms with Crippen molar-refractivity contribution in [1.82, 2.24) is 0 Å². The van der Waals surface area contributed by atoms with Crippen molar-refractivity contribution < 1.29 is 25.2 Å². The van der Waals surface area contributed by atoms with E-state index in [1.807, 2.05) is 39.3 Å². The third kappa shape index (κ3) is 3.33. The minimum absolute atomic E-state index is 0.336. The fraction of sp³-hybridized carbons (Fsp3) is 0.929. The average molecular weight is 367 g/mol. The van der Waals surface area contributed by atoms with Crippen LogP contribution in [-0.4, -0.2) is 73.2 Å². The predicted molar refractivity (Wildman–Crippen MR) is 98.0 cm³/mol. The summed E-state index contributed by atoms with van der Waals surface area (Å²) in [6.07, 6.45) is -1.55. The van der Waals surface area contributed by atoms with Gasteiger partial charge < -0.3 is 25.2 Å². The van der Waals surface area contributed by atoms with Crippen LogP contribution in [0, 0.1) is 0 Å². The molecule has 0 saturated carbocycles. The number of hydrogen-bond acceptors (Lipinski definition) is 5. The van der Waals surface area contributed by atoms with Gasteiger partial charge in [0.25, 0.3) is 0 Å². The molecular formula is C14H34O5Si3. The summed E-state index contributed by atoms with van der Waals surface area (Å²) in [6, 6.07) is 0. The van der Waals surface area contributed by atoms with Crippen LogP contribution in [0.1, 0.15) is 0 Å². The highest BCUT2D eigenvalue weighted by molar-refractivity contribution is 7.09. The van der Waals surface area contributed by atoms with Gasteiger partial charge in [0, 0.05) is 0 Å². The van der Waals surface area contributed by atoms with E-state index in [0.717, 1.165) is 0 Å². The van der Waals surface area contributed by atoms with E-state index in [4.69, 9.17) is 0 Å². The molecule has 0 aliphatic heterocycles. The number of carbonyl (C=O) groups is 1. The summed E-state index contributed by atoms with van der Waals surface area (Å²) in [7, 11) is -7.74. The van der Waals surface area contributed by atoms with E-state index in [9.17, 15) is 25.2 Å². The molecule has 4 N–H and O–H groups in total. The zero-order valence-electron chi connectivity index (χ0n) is 15.5. The topological polar surface area (TPSA) is 98.0 Å². The molecule has 0 aromatic carbocycles. The van der Waals surface area contributed by atoms with E-state index in [0.29, 0.717) is 0 Å². The van der Waals surface area contributed by atoms with Crippen LogP contribution < -0.4 is 0 Å². The summed E-state index contributed by atoms with van der Waals surface area (Å²) >= 11 is 0. The van der Waals surface area contributed by atoms with Gasteiger partial charge in [-0.2, -0.15) is 0 Å². The van der Waals surface area contributed by atoms with Crippen LogP contribution in [0.25, 0.3) is 0 Å². The minimum Gasteiger partial charge on any atom is -0.394 e. The molecule has 0 rings (SSSR count). The Labute approximate surface area is 137 Å². The van der Waals surface area contributed by atoms with Crippen molar-refractivity contribution in [3.05, 3.63) is 0 Å². The van der Waals surface area contributed by atoms with Crippen LogP contribution in [0.4, 0.5) is 0 Å². The van der Waals surface area contributed by atoms with Crippen molar-refractivity contribution in [3.63, 3.8) is 0 Å². The van der Waals surface area contributed by atoms with Gasteiger partial charge in [-0.1, -0.05) is 58.9 Å². The number of carbonyl (C=O) groups excluding carboxylic acids is 1. The van der Waals surface area contributed by atoms with E-state index >= 15 is 0 Å². The molecule has 0 aromatic heterocycles. The van der Waals surface area contributed by atoms with Gasteiger partial charge in [0.05, 0.1) is 22.8 Å². The number of hydrogen-bond donors (Lipinski definition) is 4. The maximum Gasteiger partial charge on any atom is 0.141 e. The summed E-state index contributed by atoms with van der Waals surface area (Å²) in [4.78, 5) is 13.2. The normalized spacial score (nSPS) is 21.0. The molecule has 0 heterocycles. The van der Waals surface area contributed by atoms with Gasteiger partial charge in [-0.25, -0.2) is 0 Å². The Morgan fingerprint density at radius 2 is 1.27 bits per heavy atom. The fourth-order valence-corrected chi connectivity index (χ4v) is 13.2. The Morgan fingerprint density at radius 3 is 1.45 bits per heavy atom. The lowest BCUT2D eigenvalue weighted by Gasteiger charge is -2.57. The highest BCUT2D eigenvalue weighted by atomic mass is 28.3. The molecule has 22 heavy (non-hydrogen) atoms. The van der Waals surface area contributed by atoms with E-state index in [1.165, 1.54) is 0 Å². The lowest BCUT2D eigenvalue weighted by atomic mass is 10.1. The van der Waals surface area contributed by atoms with E-state index in [2.05, 4.69) is 0 Å². The minimum atomic E-state index is -2.65. The van der Waals surface area contributed by atoms with Crippen molar-refractivity contribution in [2.24, 2.45) is 0 Å². The van der Waals surface area contributed by atoms with E-state index in [1.54, 1.807) is 19.6 Å². The highest BCUT2D eigenvalue weighted by Gasteiger charge is 2.70. The smallest absolute Gasteiger partial charge is 0.141 e. The maximum atomic E-state index is 13.2. The Kier molecular flexibility index (Phi) is 6.27. The largest absolute Gasteiger partial charge is 0.394 e. The fourth-order valence-electron chi connectivity index (χ4n) is 3.04. The molecule has 5 nitrogen and oxygen atoms in total. The molecule has 0 aliphatic carbocycles. The molecule has 0 spiro atoms. The van der Waals surface area contributed by atoms with Crippen LogP contribution in [0.3, 0.4) is 0 Å². The lowest BCUT2D eigenvalue weighted by Crippen LogP contribution is -2.84. The molecular weight excluding hydrogens is 332 g/mol. The Morgan fingerprint density at radius 1 is 0.909 bits per heavy atom. The molecule has 0 bridgehead atoms. The summed E-state index contributed by atoms with van der Waals surface area (Å²) in [6.45, 7) is 15.7. The second-order valence-corrected chi connectivity index (χ2v) is 24.7. The highest BCUT2D eigenvalue weighted by Crippen LogP contribution is 2.43. The summed E-state index contributed by atoms with van der Waals surface area (Å²) in [5.41, 5.74) is 0. The van der Waals surface area contributed by atoms with Crippen molar-refractivity contribution in [1.29, 1.82) is 0 Å². The first-order valence-corrected chi connectivity index (χ1v) is 18.2. The van der Waals surface area contributed by atoms with Gasteiger partial charge >= 0.3 is 0 Å². The second-order valence-electron chi connectivity index (χ2n) is 9.25. The lowest BCUT2D eigenvalue weighted by molar-refractivity contribution is -0.156. The van der Waals surface area contributed by atoms with Gasteiger partial charge in [-0.05, 0) is 0 Å². The van der Waals surface area contributed by atoms with Gasteiger partial charge in [0.1, 0.15) is 30.0 Å². The third-order valence-electron chi connectivity index (χ3n) is 4.45. The Balaban J connectivity index is 6.71. The summed E-state index contributed by atoms with van der Waals surface area (Å²) in [5.74, 6) is 0. The van der Waals surface area contributed by atoms with Crippen LogP contribution >= 0.6 is 0 Å². The molecule has 0 radical (unpaired) electrons. The number of aliphatic hydroxyl groups is 4. The van der Waals surface area contributed by atoms with Crippen LogP contribution in [0.5, 0.6) is 0 Å². The third-order valence-corrected chi connectivity index (χ3v) is 12.4. The molecule has 132 valence electrons. The van der Waals surface area contributed by atoms with Crippen molar-refractivity contribution >= 4 is 29.6 Å². The Hall–Kier alpha value is 0.161. The standard InChI is InChI=1S/C14H34O5Si3/c1-20(2,3)12(17)14(19,22(7,8)9)13(18,11(16)10-15)21(4,5)6/h11,15-16,18-19H,10H2,1-9H3/t11-,13+,14-/m1/s1. The maximum absolute atomic E-state index is 13.2. The van der Waals surface area contributed by atoms with Gasteiger partial charge in [0.2, 0.25) is 0 Å². The molecule has 0 aromatic rings. The Bertz CT molecular complexity index is 422. The van der Waals surface area contributed by atoms with Crippen molar-refractivity contribution in [2.45, 2.75) is 75.5 Å². The van der Waals surface area contributed by atoms with Crippen LogP contribution in [-0.2, 0) is 4.79 Å². The molecule has 0 amide bonds.